The van der Waals surface area contributed by atoms with Crippen molar-refractivity contribution in [1.82, 2.24) is 0 Å². The number of hydrogen-bond acceptors (Lipinski definition) is 6. The second-order valence-corrected chi connectivity index (χ2v) is 3.26. The average molecular weight is 262 g/mol. The van der Waals surface area contributed by atoms with Crippen molar-refractivity contribution in [2.75, 3.05) is 26.4 Å². The van der Waals surface area contributed by atoms with Crippen LogP contribution in [0.4, 0.5) is 0 Å². The number of carbonyl (C=O) groups excluding carboxylic acids is 2. The third kappa shape index (κ3) is 5.46. The first-order valence-corrected chi connectivity index (χ1v) is 6.18. The lowest BCUT2D eigenvalue weighted by Gasteiger charge is -2.23. The Morgan fingerprint density at radius 3 is 1.28 bits per heavy atom. The van der Waals surface area contributed by atoms with Crippen molar-refractivity contribution in [1.29, 1.82) is 0 Å². The molecule has 0 aromatic rings. The topological polar surface area (TPSA) is 71.1 Å². The fraction of sp³-hybridized carbons (Fsp3) is 0.833. The van der Waals surface area contributed by atoms with Crippen molar-refractivity contribution in [2.45, 2.75) is 39.9 Å². The van der Waals surface area contributed by atoms with Crippen molar-refractivity contribution in [3.05, 3.63) is 0 Å². The van der Waals surface area contributed by atoms with Crippen molar-refractivity contribution in [3.8, 4) is 0 Å². The Morgan fingerprint density at radius 2 is 1.06 bits per heavy atom. The number of ether oxygens (including phenoxy) is 4. The molecule has 0 fully saturated rings. The molecule has 0 rings (SSSR count). The van der Waals surface area contributed by atoms with E-state index in [1.807, 2.05) is 0 Å². The van der Waals surface area contributed by atoms with Gasteiger partial charge in [0, 0.05) is 13.2 Å². The van der Waals surface area contributed by atoms with E-state index in [0.717, 1.165) is 0 Å². The van der Waals surface area contributed by atoms with Crippen LogP contribution in [-0.4, -0.2) is 50.6 Å². The van der Waals surface area contributed by atoms with Crippen molar-refractivity contribution >= 4 is 11.9 Å². The summed E-state index contributed by atoms with van der Waals surface area (Å²) in [5.41, 5.74) is 0. The molecule has 6 nitrogen and oxygen atoms in total. The summed E-state index contributed by atoms with van der Waals surface area (Å²) in [7, 11) is 0. The summed E-state index contributed by atoms with van der Waals surface area (Å²) < 4.78 is 20.2. The molecule has 2 atom stereocenters. The molecule has 0 aromatic carbocycles. The normalized spacial score (nSPS) is 13.8. The monoisotopic (exact) mass is 262 g/mol. The van der Waals surface area contributed by atoms with E-state index >= 15 is 0 Å². The SMILES string of the molecule is CCOC(=O)[C@H](OCC)[C@@H](OCC)C(=O)OCC. The van der Waals surface area contributed by atoms with E-state index in [4.69, 9.17) is 18.9 Å². The minimum Gasteiger partial charge on any atom is -0.464 e. The lowest BCUT2D eigenvalue weighted by atomic mass is 10.2. The van der Waals surface area contributed by atoms with Gasteiger partial charge in [-0.25, -0.2) is 9.59 Å². The van der Waals surface area contributed by atoms with Crippen LogP contribution in [0.1, 0.15) is 27.7 Å². The molecule has 0 amide bonds. The third-order valence-electron chi connectivity index (χ3n) is 2.01. The maximum Gasteiger partial charge on any atom is 0.338 e. The van der Waals surface area contributed by atoms with Gasteiger partial charge < -0.3 is 18.9 Å². The van der Waals surface area contributed by atoms with Crippen molar-refractivity contribution in [2.24, 2.45) is 0 Å². The minimum atomic E-state index is -1.09. The highest BCUT2D eigenvalue weighted by molar-refractivity contribution is 5.85. The first-order chi connectivity index (χ1) is 8.62. The fourth-order valence-corrected chi connectivity index (χ4v) is 1.37. The fourth-order valence-electron chi connectivity index (χ4n) is 1.37. The molecule has 6 heteroatoms. The van der Waals surface area contributed by atoms with Gasteiger partial charge in [0.15, 0.2) is 12.2 Å². The number of carbonyl (C=O) groups is 2. The van der Waals surface area contributed by atoms with E-state index in [9.17, 15) is 9.59 Å². The van der Waals surface area contributed by atoms with Gasteiger partial charge in [0.2, 0.25) is 0 Å². The van der Waals surface area contributed by atoms with Crippen LogP contribution in [0.5, 0.6) is 0 Å². The Kier molecular flexibility index (Phi) is 9.22. The molecular weight excluding hydrogens is 240 g/mol. The zero-order chi connectivity index (χ0) is 14.0. The molecule has 0 saturated heterocycles. The zero-order valence-electron chi connectivity index (χ0n) is 11.4. The number of esters is 2. The van der Waals surface area contributed by atoms with Crippen LogP contribution < -0.4 is 0 Å². The molecule has 0 aliphatic heterocycles. The summed E-state index contributed by atoms with van der Waals surface area (Å²) >= 11 is 0. The first kappa shape index (κ1) is 16.9. The molecule has 0 spiro atoms. The largest absolute Gasteiger partial charge is 0.464 e. The summed E-state index contributed by atoms with van der Waals surface area (Å²) in [6.07, 6.45) is -2.18. The lowest BCUT2D eigenvalue weighted by Crippen LogP contribution is -2.45. The smallest absolute Gasteiger partial charge is 0.338 e. The van der Waals surface area contributed by atoms with E-state index in [2.05, 4.69) is 0 Å². The van der Waals surface area contributed by atoms with Crippen LogP contribution in [-0.2, 0) is 28.5 Å². The van der Waals surface area contributed by atoms with Gasteiger partial charge in [-0.3, -0.25) is 0 Å². The summed E-state index contributed by atoms with van der Waals surface area (Å²) in [6.45, 7) is 7.77. The molecule has 0 bridgehead atoms. The van der Waals surface area contributed by atoms with Crippen LogP contribution in [0.2, 0.25) is 0 Å². The predicted octanol–water partition coefficient (Wildman–Crippen LogP) is 0.923. The highest BCUT2D eigenvalue weighted by atomic mass is 16.6. The molecular formula is C12H22O6. The Morgan fingerprint density at radius 1 is 0.722 bits per heavy atom. The molecule has 0 N–H and O–H groups in total. The van der Waals surface area contributed by atoms with Gasteiger partial charge in [0.1, 0.15) is 0 Å². The van der Waals surface area contributed by atoms with Gasteiger partial charge in [0.25, 0.3) is 0 Å². The molecule has 0 aliphatic carbocycles. The van der Waals surface area contributed by atoms with Gasteiger partial charge >= 0.3 is 11.9 Å². The van der Waals surface area contributed by atoms with E-state index in [1.54, 1.807) is 27.7 Å². The molecule has 0 aromatic heterocycles. The van der Waals surface area contributed by atoms with Crippen molar-refractivity contribution < 1.29 is 28.5 Å². The summed E-state index contributed by atoms with van der Waals surface area (Å²) in [5, 5.41) is 0. The molecule has 0 aliphatic rings. The third-order valence-corrected chi connectivity index (χ3v) is 2.01. The van der Waals surface area contributed by atoms with Crippen LogP contribution in [0.25, 0.3) is 0 Å². The van der Waals surface area contributed by atoms with Gasteiger partial charge in [-0.15, -0.1) is 0 Å². The van der Waals surface area contributed by atoms with Crippen molar-refractivity contribution in [3.63, 3.8) is 0 Å². The quantitative estimate of drug-likeness (QED) is 0.575. The zero-order valence-corrected chi connectivity index (χ0v) is 11.4. The number of rotatable bonds is 9. The molecule has 0 unspecified atom stereocenters. The van der Waals surface area contributed by atoms with Crippen LogP contribution in [0.15, 0.2) is 0 Å². The van der Waals surface area contributed by atoms with Crippen LogP contribution in [0, 0.1) is 0 Å². The maximum atomic E-state index is 11.7. The first-order valence-electron chi connectivity index (χ1n) is 6.18. The Labute approximate surface area is 108 Å². The molecule has 0 radical (unpaired) electrons. The van der Waals surface area contributed by atoms with Crippen LogP contribution in [0.3, 0.4) is 0 Å². The summed E-state index contributed by atoms with van der Waals surface area (Å²) in [5.74, 6) is -1.24. The van der Waals surface area contributed by atoms with Gasteiger partial charge in [0.05, 0.1) is 13.2 Å². The highest BCUT2D eigenvalue weighted by Gasteiger charge is 2.37. The van der Waals surface area contributed by atoms with Gasteiger partial charge in [-0.2, -0.15) is 0 Å². The Hall–Kier alpha value is -1.14. The average Bonchev–Trinajstić information content (AvgIpc) is 2.34. The van der Waals surface area contributed by atoms with E-state index in [-0.39, 0.29) is 26.4 Å². The molecule has 106 valence electrons. The number of hydrogen-bond donors (Lipinski definition) is 0. The van der Waals surface area contributed by atoms with E-state index < -0.39 is 24.1 Å². The second-order valence-electron chi connectivity index (χ2n) is 3.26. The summed E-state index contributed by atoms with van der Waals surface area (Å²) in [6, 6.07) is 0. The molecule has 18 heavy (non-hydrogen) atoms. The Balaban J connectivity index is 4.84. The molecule has 0 saturated carbocycles. The lowest BCUT2D eigenvalue weighted by molar-refractivity contribution is -0.182. The van der Waals surface area contributed by atoms with E-state index in [0.29, 0.717) is 0 Å². The van der Waals surface area contributed by atoms with E-state index in [1.165, 1.54) is 0 Å². The maximum absolute atomic E-state index is 11.7. The highest BCUT2D eigenvalue weighted by Crippen LogP contribution is 2.09. The predicted molar refractivity (Wildman–Crippen MR) is 64.1 cm³/mol. The van der Waals surface area contributed by atoms with Crippen LogP contribution >= 0.6 is 0 Å². The second kappa shape index (κ2) is 9.85. The molecule has 0 heterocycles. The minimum absolute atomic E-state index is 0.212. The Bertz CT molecular complexity index is 227. The summed E-state index contributed by atoms with van der Waals surface area (Å²) in [4.78, 5) is 23.4. The van der Waals surface area contributed by atoms with Gasteiger partial charge in [-0.05, 0) is 27.7 Å². The van der Waals surface area contributed by atoms with Gasteiger partial charge in [-0.1, -0.05) is 0 Å². The standard InChI is InChI=1S/C12H22O6/c1-5-15-9(11(13)17-7-3)10(16-6-2)12(14)18-8-4/h9-10H,5-8H2,1-4H3/t9-,10-/m1/s1.